The van der Waals surface area contributed by atoms with Gasteiger partial charge in [0.15, 0.2) is 11.5 Å². The van der Waals surface area contributed by atoms with Crippen molar-refractivity contribution in [3.63, 3.8) is 0 Å². The molecule has 0 radical (unpaired) electrons. The molecule has 1 fully saturated rings. The fourth-order valence-electron chi connectivity index (χ4n) is 4.82. The lowest BCUT2D eigenvalue weighted by Crippen LogP contribution is -2.18. The number of aromatic nitrogens is 6. The second kappa shape index (κ2) is 9.47. The molecule has 0 amide bonds. The van der Waals surface area contributed by atoms with E-state index in [1.165, 1.54) is 30.5 Å². The number of benzene rings is 1. The molecule has 0 unspecified atom stereocenters. The van der Waals surface area contributed by atoms with E-state index in [9.17, 15) is 4.39 Å². The molecule has 0 aliphatic carbocycles. The molecule has 8 heteroatoms. The first-order chi connectivity index (χ1) is 17.7. The van der Waals surface area contributed by atoms with E-state index in [2.05, 4.69) is 36.1 Å². The molecule has 36 heavy (non-hydrogen) atoms. The van der Waals surface area contributed by atoms with Gasteiger partial charge in [-0.25, -0.2) is 14.4 Å². The highest BCUT2D eigenvalue weighted by molar-refractivity contribution is 5.90. The Hall–Kier alpha value is -4.17. The van der Waals surface area contributed by atoms with Crippen LogP contribution in [0.5, 0.6) is 0 Å². The number of imidazole rings is 1. The van der Waals surface area contributed by atoms with Crippen LogP contribution in [-0.4, -0.2) is 48.1 Å². The first-order valence-electron chi connectivity index (χ1n) is 12.2. The average Bonchev–Trinajstić information content (AvgIpc) is 3.67. The Morgan fingerprint density at radius 3 is 2.69 bits per heavy atom. The normalized spacial score (nSPS) is 14.7. The third kappa shape index (κ3) is 4.31. The van der Waals surface area contributed by atoms with Crippen LogP contribution in [0.1, 0.15) is 36.6 Å². The van der Waals surface area contributed by atoms with Crippen molar-refractivity contribution in [2.75, 3.05) is 13.1 Å². The maximum atomic E-state index is 13.4. The molecule has 4 aromatic heterocycles. The van der Waals surface area contributed by atoms with Crippen LogP contribution in [0.15, 0.2) is 67.1 Å². The lowest BCUT2D eigenvalue weighted by molar-refractivity contribution is 0.331. The molecular weight excluding hydrogens is 453 g/mol. The number of likely N-dealkylation sites (tertiary alicyclic amines) is 1. The molecule has 1 aromatic carbocycles. The third-order valence-electron chi connectivity index (χ3n) is 6.64. The van der Waals surface area contributed by atoms with Crippen molar-refractivity contribution in [3.8, 4) is 22.8 Å². The van der Waals surface area contributed by atoms with Gasteiger partial charge in [0.1, 0.15) is 11.3 Å². The Morgan fingerprint density at radius 1 is 1.06 bits per heavy atom. The van der Waals surface area contributed by atoms with Gasteiger partial charge >= 0.3 is 0 Å². The Labute approximate surface area is 208 Å². The lowest BCUT2D eigenvalue weighted by Gasteiger charge is -2.14. The fraction of sp³-hybridized carbons (Fsp3) is 0.214. The Morgan fingerprint density at radius 2 is 1.89 bits per heavy atom. The van der Waals surface area contributed by atoms with Crippen molar-refractivity contribution in [3.05, 3.63) is 89.8 Å². The van der Waals surface area contributed by atoms with Gasteiger partial charge in [-0.15, -0.1) is 0 Å². The zero-order valence-electron chi connectivity index (χ0n) is 20.0. The van der Waals surface area contributed by atoms with Gasteiger partial charge < -0.3 is 4.98 Å². The van der Waals surface area contributed by atoms with E-state index in [0.717, 1.165) is 58.8 Å². The van der Waals surface area contributed by atoms with E-state index in [-0.39, 0.29) is 5.82 Å². The number of H-pyrrole nitrogens is 2. The molecule has 0 bridgehead atoms. The summed E-state index contributed by atoms with van der Waals surface area (Å²) in [6, 6.07) is 12.6. The number of nitrogens with one attached hydrogen (secondary N) is 2. The minimum absolute atomic E-state index is 0.263. The molecule has 1 saturated heterocycles. The molecule has 0 spiro atoms. The van der Waals surface area contributed by atoms with Crippen LogP contribution < -0.4 is 0 Å². The standard InChI is InChI=1S/C28H26FN7/c1-2-22(19-5-7-21(29)8-6-19)25-16-31-28(33-25)27-26-24(34-35-27)10-9-23(32-26)20-13-18(14-30-15-20)17-36-11-3-4-12-36/h2,5-10,13-16H,3-4,11-12,17H2,1H3,(H,31,33)(H,34,35)/b22-2-. The Balaban J connectivity index is 1.32. The maximum absolute atomic E-state index is 13.4. The maximum Gasteiger partial charge on any atom is 0.160 e. The minimum Gasteiger partial charge on any atom is -0.337 e. The highest BCUT2D eigenvalue weighted by Crippen LogP contribution is 2.29. The molecule has 7 nitrogen and oxygen atoms in total. The predicted molar refractivity (Wildman–Crippen MR) is 138 cm³/mol. The molecule has 5 heterocycles. The SMILES string of the molecule is C/C=C(/c1ccc(F)cc1)c1cnc(-c2n[nH]c3ccc(-c4cncc(CN5CCCC5)c4)nc23)[nH]1. The smallest absolute Gasteiger partial charge is 0.160 e. The summed E-state index contributed by atoms with van der Waals surface area (Å²) >= 11 is 0. The van der Waals surface area contributed by atoms with Crippen molar-refractivity contribution >= 4 is 16.6 Å². The lowest BCUT2D eigenvalue weighted by atomic mass is 10.0. The van der Waals surface area contributed by atoms with Gasteiger partial charge in [-0.1, -0.05) is 18.2 Å². The number of nitrogens with zero attached hydrogens (tertiary/aromatic N) is 5. The van der Waals surface area contributed by atoms with Gasteiger partial charge in [0.25, 0.3) is 0 Å². The van der Waals surface area contributed by atoms with E-state index in [1.54, 1.807) is 18.3 Å². The van der Waals surface area contributed by atoms with Crippen molar-refractivity contribution in [2.45, 2.75) is 26.3 Å². The number of aromatic amines is 2. The van der Waals surface area contributed by atoms with Crippen molar-refractivity contribution < 1.29 is 4.39 Å². The van der Waals surface area contributed by atoms with Gasteiger partial charge in [-0.05, 0) is 74.3 Å². The average molecular weight is 480 g/mol. The second-order valence-electron chi connectivity index (χ2n) is 9.08. The van der Waals surface area contributed by atoms with Gasteiger partial charge in [-0.3, -0.25) is 15.0 Å². The summed E-state index contributed by atoms with van der Waals surface area (Å²) in [6.07, 6.45) is 10.1. The first-order valence-corrected chi connectivity index (χ1v) is 12.2. The summed E-state index contributed by atoms with van der Waals surface area (Å²) in [6.45, 7) is 5.15. The summed E-state index contributed by atoms with van der Waals surface area (Å²) < 4.78 is 13.4. The topological polar surface area (TPSA) is 86.4 Å². The number of fused-ring (bicyclic) bond motifs is 1. The number of pyridine rings is 2. The fourth-order valence-corrected chi connectivity index (χ4v) is 4.82. The first kappa shape index (κ1) is 22.3. The zero-order chi connectivity index (χ0) is 24.5. The number of allylic oxidation sites excluding steroid dienone is 1. The van der Waals surface area contributed by atoms with Crippen LogP contribution in [-0.2, 0) is 6.54 Å². The van der Waals surface area contributed by atoms with Gasteiger partial charge in [0.05, 0.1) is 23.1 Å². The van der Waals surface area contributed by atoms with Crippen molar-refractivity contribution in [2.24, 2.45) is 0 Å². The number of rotatable bonds is 6. The number of halogens is 1. The highest BCUT2D eigenvalue weighted by atomic mass is 19.1. The zero-order valence-corrected chi connectivity index (χ0v) is 20.0. The van der Waals surface area contributed by atoms with Crippen LogP contribution in [0.25, 0.3) is 39.4 Å². The third-order valence-corrected chi connectivity index (χ3v) is 6.64. The van der Waals surface area contributed by atoms with Gasteiger partial charge in [0.2, 0.25) is 0 Å². The number of hydrogen-bond acceptors (Lipinski definition) is 5. The van der Waals surface area contributed by atoms with E-state index in [0.29, 0.717) is 11.5 Å². The van der Waals surface area contributed by atoms with Crippen LogP contribution in [0.4, 0.5) is 4.39 Å². The second-order valence-corrected chi connectivity index (χ2v) is 9.08. The largest absolute Gasteiger partial charge is 0.337 e. The summed E-state index contributed by atoms with van der Waals surface area (Å²) in [5.41, 5.74) is 7.89. The van der Waals surface area contributed by atoms with E-state index >= 15 is 0 Å². The van der Waals surface area contributed by atoms with Gasteiger partial charge in [0, 0.05) is 30.1 Å². The monoisotopic (exact) mass is 479 g/mol. The molecule has 1 aliphatic rings. The Bertz CT molecular complexity index is 1540. The quantitative estimate of drug-likeness (QED) is 0.331. The van der Waals surface area contributed by atoms with E-state index < -0.39 is 0 Å². The molecule has 0 saturated carbocycles. The Kier molecular flexibility index (Phi) is 5.87. The molecular formula is C28H26FN7. The molecule has 1 aliphatic heterocycles. The van der Waals surface area contributed by atoms with Gasteiger partial charge in [-0.2, -0.15) is 5.10 Å². The van der Waals surface area contributed by atoms with Crippen molar-refractivity contribution in [1.82, 2.24) is 35.0 Å². The molecule has 5 aromatic rings. The molecule has 180 valence electrons. The molecule has 2 N–H and O–H groups in total. The van der Waals surface area contributed by atoms with Crippen LogP contribution >= 0.6 is 0 Å². The van der Waals surface area contributed by atoms with Crippen LogP contribution in [0.3, 0.4) is 0 Å². The summed E-state index contributed by atoms with van der Waals surface area (Å²) in [4.78, 5) is 19.8. The predicted octanol–water partition coefficient (Wildman–Crippen LogP) is 5.60. The van der Waals surface area contributed by atoms with E-state index in [1.807, 2.05) is 37.5 Å². The minimum atomic E-state index is -0.263. The highest BCUT2D eigenvalue weighted by Gasteiger charge is 2.17. The van der Waals surface area contributed by atoms with Crippen LogP contribution in [0.2, 0.25) is 0 Å². The summed E-state index contributed by atoms with van der Waals surface area (Å²) in [7, 11) is 0. The molecule has 0 atom stereocenters. The van der Waals surface area contributed by atoms with Crippen molar-refractivity contribution in [1.29, 1.82) is 0 Å². The summed E-state index contributed by atoms with van der Waals surface area (Å²) in [5.74, 6) is 0.351. The van der Waals surface area contributed by atoms with E-state index in [4.69, 9.17) is 4.98 Å². The van der Waals surface area contributed by atoms with Crippen LogP contribution in [0, 0.1) is 5.82 Å². The summed E-state index contributed by atoms with van der Waals surface area (Å²) in [5, 5.41) is 7.56. The molecule has 6 rings (SSSR count). The number of hydrogen-bond donors (Lipinski definition) is 2.